The van der Waals surface area contributed by atoms with E-state index >= 15 is 0 Å². The molecule has 10 rings (SSSR count). The van der Waals surface area contributed by atoms with Crippen LogP contribution in [-0.2, 0) is 38.1 Å². The van der Waals surface area contributed by atoms with Crippen LogP contribution >= 0.6 is 43.5 Å². The maximum atomic E-state index is 11.9. The van der Waals surface area contributed by atoms with Gasteiger partial charge in [-0.25, -0.2) is 15.0 Å². The van der Waals surface area contributed by atoms with Gasteiger partial charge in [-0.05, 0) is 68.3 Å². The van der Waals surface area contributed by atoms with Gasteiger partial charge in [-0.3, -0.25) is 28.9 Å². The number of nitrogens with zero attached hydrogens (tertiary/aromatic N) is 6. The minimum atomic E-state index is -0.893. The zero-order valence-electron chi connectivity index (χ0n) is 35.3. The van der Waals surface area contributed by atoms with Crippen molar-refractivity contribution in [2.45, 2.75) is 108 Å². The van der Waals surface area contributed by atoms with Crippen molar-refractivity contribution < 1.29 is 47.5 Å². The number of fused-ring (bicyclic) bond motifs is 3. The molecule has 4 fully saturated rings. The first kappa shape index (κ1) is 44.2. The van der Waals surface area contributed by atoms with Gasteiger partial charge >= 0.3 is 17.9 Å². The van der Waals surface area contributed by atoms with Crippen LogP contribution < -0.4 is 9.47 Å². The van der Waals surface area contributed by atoms with Gasteiger partial charge in [-0.2, -0.15) is 0 Å². The summed E-state index contributed by atoms with van der Waals surface area (Å²) < 4.78 is 45.0. The summed E-state index contributed by atoms with van der Waals surface area (Å²) in [7, 11) is 0. The molecular weight excluding hydrogens is 980 g/mol. The van der Waals surface area contributed by atoms with Crippen LogP contribution in [0.2, 0.25) is 5.15 Å². The van der Waals surface area contributed by atoms with Crippen LogP contribution in [0, 0.1) is 11.8 Å². The Morgan fingerprint density at radius 2 is 1.20 bits per heavy atom. The Morgan fingerprint density at radius 3 is 1.75 bits per heavy atom. The van der Waals surface area contributed by atoms with Crippen LogP contribution in [0.5, 0.6) is 11.5 Å². The molecule has 2 aromatic carbocycles. The number of benzene rings is 2. The number of imidazole rings is 1. The molecule has 2 aliphatic heterocycles. The van der Waals surface area contributed by atoms with Crippen molar-refractivity contribution in [2.24, 2.45) is 11.8 Å². The van der Waals surface area contributed by atoms with Gasteiger partial charge in [0, 0.05) is 103 Å². The van der Waals surface area contributed by atoms with Crippen LogP contribution in [0.4, 0.5) is 0 Å². The minimum Gasteiger partial charge on any atom is -0.490 e. The average molecular weight is 1020 g/mol. The van der Waals surface area contributed by atoms with E-state index in [0.717, 1.165) is 42.3 Å². The Labute approximate surface area is 388 Å². The molecule has 19 heteroatoms. The van der Waals surface area contributed by atoms with Gasteiger partial charge < -0.3 is 33.2 Å². The highest BCUT2D eigenvalue weighted by Crippen LogP contribution is 2.55. The van der Waals surface area contributed by atoms with E-state index in [2.05, 4.69) is 56.8 Å². The number of ether oxygens (including phenoxy) is 7. The van der Waals surface area contributed by atoms with Crippen molar-refractivity contribution in [3.8, 4) is 11.5 Å². The maximum Gasteiger partial charge on any atom is 0.305 e. The van der Waals surface area contributed by atoms with Crippen molar-refractivity contribution in [2.75, 3.05) is 0 Å². The zero-order chi connectivity index (χ0) is 45.1. The van der Waals surface area contributed by atoms with Gasteiger partial charge in [0.2, 0.25) is 6.29 Å². The summed E-state index contributed by atoms with van der Waals surface area (Å²) in [6.45, 7) is 8.04. The third kappa shape index (κ3) is 8.62. The van der Waals surface area contributed by atoms with Crippen LogP contribution in [0.1, 0.15) is 66.5 Å². The monoisotopic (exact) mass is 1020 g/mol. The molecule has 0 radical (unpaired) electrons. The number of carbonyl (C=O) groups is 3. The second-order valence-electron chi connectivity index (χ2n) is 16.8. The molecule has 4 aliphatic rings. The molecule has 2 saturated heterocycles. The topological polar surface area (TPSA) is 185 Å². The zero-order valence-corrected chi connectivity index (χ0v) is 39.2. The third-order valence-electron chi connectivity index (χ3n) is 12.5. The molecule has 16 nitrogen and oxygen atoms in total. The lowest BCUT2D eigenvalue weighted by atomic mass is 9.69. The summed E-state index contributed by atoms with van der Waals surface area (Å²) in [5.41, 5.74) is 1.69. The van der Waals surface area contributed by atoms with Crippen LogP contribution in [0.25, 0.3) is 33.0 Å². The molecule has 4 aromatic heterocycles. The molecule has 0 amide bonds. The van der Waals surface area contributed by atoms with E-state index in [1.54, 1.807) is 23.3 Å². The summed E-state index contributed by atoms with van der Waals surface area (Å²) >= 11 is 13.1. The normalized spacial score (nSPS) is 29.2. The number of halogens is 3. The van der Waals surface area contributed by atoms with E-state index in [1.807, 2.05) is 62.4 Å². The van der Waals surface area contributed by atoms with Crippen LogP contribution in [0.15, 0.2) is 82.5 Å². The van der Waals surface area contributed by atoms with Gasteiger partial charge in [0.1, 0.15) is 35.6 Å². The summed E-state index contributed by atoms with van der Waals surface area (Å²) in [4.78, 5) is 56.4. The maximum absolute atomic E-state index is 11.9. The number of aromatic nitrogens is 6. The highest BCUT2D eigenvalue weighted by molar-refractivity contribution is 9.10. The second kappa shape index (κ2) is 17.4. The Kier molecular flexibility index (Phi) is 12.0. The molecule has 2 aliphatic carbocycles. The lowest BCUT2D eigenvalue weighted by molar-refractivity contribution is -0.224. The molecule has 6 heterocycles. The fraction of sp³-hybridized carbons (Fsp3) is 0.422. The van der Waals surface area contributed by atoms with E-state index < -0.39 is 47.9 Å². The molecule has 6 aromatic rings. The summed E-state index contributed by atoms with van der Waals surface area (Å²) in [6.07, 6.45) is 6.38. The minimum absolute atomic E-state index is 0.0293. The highest BCUT2D eigenvalue weighted by atomic mass is 79.9. The standard InChI is InChI=1S/C24H21BrClN5O4.C21H22BrNO6/c1-12-20(33-13(2)32)23(31-11-30-19-21(26)28-10-29-22(19)31)35-24(12)7-17(8-24)34-16-4-3-14-5-15(25)9-27-18(14)6-16;1-11-19(26-12(2)24)20(27-13(3)25)29-21(11)8-17(9-21)28-16-5-4-14-6-15(22)10-23-18(14)7-16/h3-6,9-12,17,20,23H,7-8H2,1-2H3;4-7,10-11,17,19-20H,8-9H2,1-3H3/t12-,17?,20?,23+,24?;11-,17?,19?,20?,21?/m00/s1. The van der Waals surface area contributed by atoms with Gasteiger partial charge in [-0.15, -0.1) is 0 Å². The number of hydrogen-bond donors (Lipinski definition) is 0. The van der Waals surface area contributed by atoms with Crippen molar-refractivity contribution in [1.82, 2.24) is 29.5 Å². The highest BCUT2D eigenvalue weighted by Gasteiger charge is 2.63. The molecule has 2 spiro atoms. The predicted octanol–water partition coefficient (Wildman–Crippen LogP) is 8.63. The van der Waals surface area contributed by atoms with Crippen molar-refractivity contribution in [1.29, 1.82) is 0 Å². The second-order valence-corrected chi connectivity index (χ2v) is 18.9. The summed E-state index contributed by atoms with van der Waals surface area (Å²) in [5.74, 6) is 0.0458. The first-order valence-electron chi connectivity index (χ1n) is 20.7. The molecule has 334 valence electrons. The van der Waals surface area contributed by atoms with Crippen molar-refractivity contribution >= 4 is 94.3 Å². The van der Waals surface area contributed by atoms with Crippen LogP contribution in [0.3, 0.4) is 0 Å². The van der Waals surface area contributed by atoms with Gasteiger partial charge in [0.05, 0.1) is 28.6 Å². The predicted molar refractivity (Wildman–Crippen MR) is 238 cm³/mol. The molecule has 64 heavy (non-hydrogen) atoms. The first-order chi connectivity index (χ1) is 30.6. The molecule has 3 unspecified atom stereocenters. The fourth-order valence-electron chi connectivity index (χ4n) is 9.29. The van der Waals surface area contributed by atoms with E-state index in [4.69, 9.17) is 44.8 Å². The number of rotatable bonds is 8. The quantitative estimate of drug-likeness (QED) is 0.0801. The van der Waals surface area contributed by atoms with Gasteiger partial charge in [0.15, 0.2) is 29.2 Å². The first-order valence-corrected chi connectivity index (χ1v) is 22.7. The number of carbonyl (C=O) groups excluding carboxylic acids is 3. The Hall–Kier alpha value is -5.01. The molecular formula is C45H43Br2ClN6O10. The van der Waals surface area contributed by atoms with E-state index in [0.29, 0.717) is 36.8 Å². The largest absolute Gasteiger partial charge is 0.490 e. The lowest BCUT2D eigenvalue weighted by Gasteiger charge is -2.46. The van der Waals surface area contributed by atoms with Gasteiger partial charge in [-0.1, -0.05) is 25.4 Å². The lowest BCUT2D eigenvalue weighted by Crippen LogP contribution is -2.54. The number of hydrogen-bond acceptors (Lipinski definition) is 15. The Morgan fingerprint density at radius 1 is 0.688 bits per heavy atom. The average Bonchev–Trinajstić information content (AvgIpc) is 3.85. The molecule has 6 atom stereocenters. The molecule has 0 N–H and O–H groups in total. The number of esters is 3. The Balaban J connectivity index is 0.000000165. The summed E-state index contributed by atoms with van der Waals surface area (Å²) in [5, 5.41) is 2.32. The van der Waals surface area contributed by atoms with E-state index in [-0.39, 0.29) is 35.2 Å². The third-order valence-corrected chi connectivity index (χ3v) is 13.7. The fourth-order valence-corrected chi connectivity index (χ4v) is 10.2. The van der Waals surface area contributed by atoms with Crippen LogP contribution in [-0.4, -0.2) is 89.3 Å². The number of pyridine rings is 2. The SMILES string of the molecule is CC(=O)OC1OC2(CC(Oc3ccc4cc(Br)cnc4c3)C2)[C@@H](C)C1OC(C)=O.CC(=O)OC1[C@H](n2cnc3c(Cl)ncnc32)OC2(CC(Oc3ccc4cc(Br)cnc4c3)C2)[C@H]1C. The molecule has 2 saturated carbocycles. The van der Waals surface area contributed by atoms with E-state index in [9.17, 15) is 14.4 Å². The summed E-state index contributed by atoms with van der Waals surface area (Å²) in [6, 6.07) is 15.7. The van der Waals surface area contributed by atoms with Gasteiger partial charge in [0.25, 0.3) is 0 Å². The van der Waals surface area contributed by atoms with Crippen molar-refractivity contribution in [3.05, 3.63) is 87.7 Å². The van der Waals surface area contributed by atoms with Crippen molar-refractivity contribution in [3.63, 3.8) is 0 Å². The smallest absolute Gasteiger partial charge is 0.305 e. The molecule has 0 bridgehead atoms. The van der Waals surface area contributed by atoms with E-state index in [1.165, 1.54) is 27.1 Å². The Bertz CT molecular complexity index is 2780.